The summed E-state index contributed by atoms with van der Waals surface area (Å²) in [6, 6.07) is 6.78. The Kier molecular flexibility index (Phi) is 4.74. The molecule has 0 saturated carbocycles. The predicted octanol–water partition coefficient (Wildman–Crippen LogP) is 2.77. The largest absolute Gasteiger partial charge is 0.496 e. The minimum Gasteiger partial charge on any atom is -0.496 e. The maximum atomic E-state index is 14.0. The van der Waals surface area contributed by atoms with Gasteiger partial charge in [-0.3, -0.25) is 4.68 Å². The van der Waals surface area contributed by atoms with Gasteiger partial charge in [0.15, 0.2) is 0 Å². The van der Waals surface area contributed by atoms with Crippen molar-refractivity contribution in [3.8, 4) is 5.75 Å². The molecule has 108 valence electrons. The molecule has 2 aromatic rings. The minimum atomic E-state index is -0.254. The van der Waals surface area contributed by atoms with Crippen molar-refractivity contribution >= 4 is 0 Å². The monoisotopic (exact) mass is 277 g/mol. The Hall–Kier alpha value is -1.88. The Bertz CT molecular complexity index is 542. The lowest BCUT2D eigenvalue weighted by Crippen LogP contribution is -2.33. The topological polar surface area (TPSA) is 39.1 Å². The third-order valence-electron chi connectivity index (χ3n) is 3.22. The second kappa shape index (κ2) is 6.52. The summed E-state index contributed by atoms with van der Waals surface area (Å²) in [5.41, 5.74) is 0.558. The molecule has 20 heavy (non-hydrogen) atoms. The lowest BCUT2D eigenvalue weighted by molar-refractivity contribution is 0.373. The molecule has 1 aromatic carbocycles. The molecule has 0 aliphatic rings. The molecular weight excluding hydrogens is 257 g/mol. The Balaban J connectivity index is 2.06. The minimum absolute atomic E-state index is 0.142. The van der Waals surface area contributed by atoms with Gasteiger partial charge in [-0.1, -0.05) is 6.07 Å². The van der Waals surface area contributed by atoms with E-state index >= 15 is 0 Å². The number of methoxy groups -OCH3 is 1. The number of benzene rings is 1. The first kappa shape index (κ1) is 14.5. The van der Waals surface area contributed by atoms with Crippen molar-refractivity contribution in [2.45, 2.75) is 32.5 Å². The van der Waals surface area contributed by atoms with Gasteiger partial charge in [0.2, 0.25) is 0 Å². The Labute approximate surface area is 118 Å². The molecule has 0 aliphatic heterocycles. The molecule has 0 spiro atoms. The molecule has 1 heterocycles. The van der Waals surface area contributed by atoms with Crippen molar-refractivity contribution in [3.63, 3.8) is 0 Å². The number of halogens is 1. The van der Waals surface area contributed by atoms with E-state index in [9.17, 15) is 4.39 Å². The molecule has 0 fully saturated rings. The summed E-state index contributed by atoms with van der Waals surface area (Å²) in [4.78, 5) is 0. The van der Waals surface area contributed by atoms with Crippen LogP contribution < -0.4 is 10.1 Å². The number of aromatic nitrogens is 2. The highest BCUT2D eigenvalue weighted by molar-refractivity contribution is 5.36. The first-order valence-corrected chi connectivity index (χ1v) is 6.67. The van der Waals surface area contributed by atoms with Gasteiger partial charge in [0.1, 0.15) is 11.6 Å². The van der Waals surface area contributed by atoms with Crippen molar-refractivity contribution in [3.05, 3.63) is 48.0 Å². The molecule has 0 aliphatic carbocycles. The van der Waals surface area contributed by atoms with Crippen LogP contribution in [0.5, 0.6) is 5.75 Å². The summed E-state index contributed by atoms with van der Waals surface area (Å²) in [5, 5.41) is 7.53. The van der Waals surface area contributed by atoms with E-state index in [2.05, 4.69) is 10.4 Å². The highest BCUT2D eigenvalue weighted by Crippen LogP contribution is 2.27. The highest BCUT2D eigenvalue weighted by Gasteiger charge is 2.18. The molecule has 0 saturated heterocycles. The lowest BCUT2D eigenvalue weighted by Gasteiger charge is -2.22. The van der Waals surface area contributed by atoms with E-state index in [0.29, 0.717) is 11.3 Å². The summed E-state index contributed by atoms with van der Waals surface area (Å²) >= 11 is 0. The van der Waals surface area contributed by atoms with Crippen LogP contribution >= 0.6 is 0 Å². The summed E-state index contributed by atoms with van der Waals surface area (Å²) in [7, 11) is 1.55. The van der Waals surface area contributed by atoms with E-state index in [1.807, 2.05) is 30.8 Å². The fraction of sp³-hybridized carbons (Fsp3) is 0.400. The summed E-state index contributed by atoms with van der Waals surface area (Å²) in [6.07, 6.45) is 3.66. The second-order valence-electron chi connectivity index (χ2n) is 4.87. The molecule has 0 amide bonds. The fourth-order valence-electron chi connectivity index (χ4n) is 2.37. The number of hydrogen-bond donors (Lipinski definition) is 1. The summed E-state index contributed by atoms with van der Waals surface area (Å²) in [6.45, 7) is 4.71. The smallest absolute Gasteiger partial charge is 0.131 e. The maximum Gasteiger partial charge on any atom is 0.131 e. The van der Waals surface area contributed by atoms with Crippen LogP contribution in [0.4, 0.5) is 4.39 Å². The van der Waals surface area contributed by atoms with Crippen LogP contribution in [-0.4, -0.2) is 22.9 Å². The van der Waals surface area contributed by atoms with E-state index in [4.69, 9.17) is 4.74 Å². The van der Waals surface area contributed by atoms with Gasteiger partial charge in [-0.15, -0.1) is 0 Å². The average molecular weight is 277 g/mol. The van der Waals surface area contributed by atoms with Crippen LogP contribution in [-0.2, 0) is 6.54 Å². The molecule has 0 bridgehead atoms. The predicted molar refractivity (Wildman–Crippen MR) is 76.2 cm³/mol. The van der Waals surface area contributed by atoms with Gasteiger partial charge >= 0.3 is 0 Å². The molecule has 2 atom stereocenters. The van der Waals surface area contributed by atoms with E-state index in [1.54, 1.807) is 25.4 Å². The Morgan fingerprint density at radius 1 is 1.35 bits per heavy atom. The van der Waals surface area contributed by atoms with E-state index in [-0.39, 0.29) is 17.9 Å². The van der Waals surface area contributed by atoms with Gasteiger partial charge in [-0.2, -0.15) is 5.10 Å². The van der Waals surface area contributed by atoms with Gasteiger partial charge in [0.05, 0.1) is 13.7 Å². The number of nitrogens with one attached hydrogen (secondary N) is 1. The Morgan fingerprint density at radius 2 is 2.15 bits per heavy atom. The van der Waals surface area contributed by atoms with E-state index in [1.165, 1.54) is 6.07 Å². The zero-order chi connectivity index (χ0) is 14.5. The second-order valence-corrected chi connectivity index (χ2v) is 4.87. The SMILES string of the molecule is COc1cccc(F)c1C(C)NC(C)Cn1cccn1. The molecule has 2 rings (SSSR count). The van der Waals surface area contributed by atoms with Crippen LogP contribution in [0.15, 0.2) is 36.7 Å². The van der Waals surface area contributed by atoms with E-state index < -0.39 is 0 Å². The zero-order valence-electron chi connectivity index (χ0n) is 12.0. The third kappa shape index (κ3) is 3.36. The average Bonchev–Trinajstić information content (AvgIpc) is 2.90. The molecule has 1 N–H and O–H groups in total. The highest BCUT2D eigenvalue weighted by atomic mass is 19.1. The molecule has 2 unspecified atom stereocenters. The molecular formula is C15H20FN3O. The standard InChI is InChI=1S/C15H20FN3O/c1-11(10-19-9-5-8-17-19)18-12(2)15-13(16)6-4-7-14(15)20-3/h4-9,11-12,18H,10H2,1-3H3. The lowest BCUT2D eigenvalue weighted by atomic mass is 10.1. The first-order valence-electron chi connectivity index (χ1n) is 6.67. The van der Waals surface area contributed by atoms with Crippen molar-refractivity contribution in [2.75, 3.05) is 7.11 Å². The van der Waals surface area contributed by atoms with Gasteiger partial charge in [-0.25, -0.2) is 4.39 Å². The maximum absolute atomic E-state index is 14.0. The fourth-order valence-corrected chi connectivity index (χ4v) is 2.37. The number of hydrogen-bond acceptors (Lipinski definition) is 3. The zero-order valence-corrected chi connectivity index (χ0v) is 12.0. The molecule has 4 nitrogen and oxygen atoms in total. The van der Waals surface area contributed by atoms with Crippen molar-refractivity contribution in [2.24, 2.45) is 0 Å². The Morgan fingerprint density at radius 3 is 2.80 bits per heavy atom. The van der Waals surface area contributed by atoms with Crippen molar-refractivity contribution < 1.29 is 9.13 Å². The van der Waals surface area contributed by atoms with Gasteiger partial charge in [0.25, 0.3) is 0 Å². The van der Waals surface area contributed by atoms with Crippen LogP contribution in [0.2, 0.25) is 0 Å². The summed E-state index contributed by atoms with van der Waals surface area (Å²) in [5.74, 6) is 0.312. The van der Waals surface area contributed by atoms with Gasteiger partial charge < -0.3 is 10.1 Å². The van der Waals surface area contributed by atoms with Crippen molar-refractivity contribution in [1.29, 1.82) is 0 Å². The quantitative estimate of drug-likeness (QED) is 0.882. The summed E-state index contributed by atoms with van der Waals surface area (Å²) < 4.78 is 21.1. The normalized spacial score (nSPS) is 14.0. The van der Waals surface area contributed by atoms with Gasteiger partial charge in [0, 0.05) is 30.0 Å². The molecule has 1 aromatic heterocycles. The van der Waals surface area contributed by atoms with Crippen LogP contribution in [0.1, 0.15) is 25.5 Å². The van der Waals surface area contributed by atoms with Crippen LogP contribution in [0.25, 0.3) is 0 Å². The number of nitrogens with zero attached hydrogens (tertiary/aromatic N) is 2. The number of ether oxygens (including phenoxy) is 1. The third-order valence-corrected chi connectivity index (χ3v) is 3.22. The van der Waals surface area contributed by atoms with Crippen LogP contribution in [0.3, 0.4) is 0 Å². The number of rotatable bonds is 6. The van der Waals surface area contributed by atoms with Crippen molar-refractivity contribution in [1.82, 2.24) is 15.1 Å². The first-order chi connectivity index (χ1) is 9.61. The van der Waals surface area contributed by atoms with Gasteiger partial charge in [-0.05, 0) is 32.0 Å². The molecule has 5 heteroatoms. The van der Waals surface area contributed by atoms with Crippen LogP contribution in [0, 0.1) is 5.82 Å². The van der Waals surface area contributed by atoms with E-state index in [0.717, 1.165) is 6.54 Å². The molecule has 0 radical (unpaired) electrons.